The minimum absolute atomic E-state index is 0.107. The minimum atomic E-state index is -0.852. The van der Waals surface area contributed by atoms with Crippen molar-refractivity contribution < 1.29 is 19.4 Å². The molecule has 8 nitrogen and oxygen atoms in total. The summed E-state index contributed by atoms with van der Waals surface area (Å²) in [6.45, 7) is 3.18. The first-order chi connectivity index (χ1) is 15.3. The van der Waals surface area contributed by atoms with E-state index >= 15 is 0 Å². The van der Waals surface area contributed by atoms with Crippen LogP contribution in [0, 0.1) is 5.82 Å². The van der Waals surface area contributed by atoms with E-state index in [-0.39, 0.29) is 30.9 Å². The van der Waals surface area contributed by atoms with Crippen LogP contribution in [0.15, 0.2) is 30.5 Å². The van der Waals surface area contributed by atoms with Gasteiger partial charge >= 0.3 is 6.03 Å². The van der Waals surface area contributed by atoms with Crippen LogP contribution in [0.1, 0.15) is 12.5 Å². The van der Waals surface area contributed by atoms with Crippen LogP contribution in [0.2, 0.25) is 5.02 Å². The number of nitrogens with one attached hydrogen (secondary N) is 1. The lowest BCUT2D eigenvalue weighted by Gasteiger charge is -2.40. The molecule has 2 atom stereocenters. The van der Waals surface area contributed by atoms with Crippen LogP contribution in [-0.2, 0) is 6.42 Å². The van der Waals surface area contributed by atoms with E-state index in [1.54, 1.807) is 23.2 Å². The number of anilines is 2. The second-order valence-corrected chi connectivity index (χ2v) is 9.18. The Hall–Kier alpha value is -2.53. The number of amides is 2. The number of carbonyl (C=O) groups excluding carboxylic acids is 1. The summed E-state index contributed by atoms with van der Waals surface area (Å²) in [5.74, 6) is 0.280. The molecule has 0 unspecified atom stereocenters. The number of fused-ring (bicyclic) bond motifs is 1. The third kappa shape index (κ3) is 4.93. The lowest BCUT2D eigenvalue weighted by atomic mass is 10.1. The molecule has 1 aliphatic heterocycles. The Morgan fingerprint density at radius 2 is 2.22 bits per heavy atom. The van der Waals surface area contributed by atoms with Gasteiger partial charge in [0.15, 0.2) is 5.13 Å². The zero-order valence-electron chi connectivity index (χ0n) is 17.3. The van der Waals surface area contributed by atoms with E-state index < -0.39 is 6.10 Å². The van der Waals surface area contributed by atoms with Gasteiger partial charge in [0, 0.05) is 38.3 Å². The molecule has 11 heteroatoms. The number of hydrogen-bond acceptors (Lipinski definition) is 7. The number of halogens is 2. The highest BCUT2D eigenvalue weighted by atomic mass is 35.5. The number of nitrogens with zero attached hydrogens (tertiary/aromatic N) is 4. The maximum Gasteiger partial charge on any atom is 0.324 e. The topological polar surface area (TPSA) is 102 Å². The molecule has 1 aliphatic rings. The van der Waals surface area contributed by atoms with Crippen LogP contribution in [0.5, 0.6) is 0 Å². The first-order valence-corrected chi connectivity index (χ1v) is 11.4. The number of aromatic nitrogens is 2. The van der Waals surface area contributed by atoms with Gasteiger partial charge in [-0.25, -0.2) is 19.2 Å². The van der Waals surface area contributed by atoms with E-state index in [0.717, 1.165) is 5.56 Å². The number of pyridine rings is 1. The van der Waals surface area contributed by atoms with E-state index in [4.69, 9.17) is 16.7 Å². The van der Waals surface area contributed by atoms with Crippen LogP contribution in [0.3, 0.4) is 0 Å². The predicted octanol–water partition coefficient (Wildman–Crippen LogP) is 3.12. The molecule has 0 aliphatic carbocycles. The summed E-state index contributed by atoms with van der Waals surface area (Å²) in [5.41, 5.74) is 1.38. The van der Waals surface area contributed by atoms with Crippen LogP contribution in [0.4, 0.5) is 20.1 Å². The normalized spacial score (nSPS) is 17.6. The molecule has 2 amide bonds. The Balaban J connectivity index is 1.39. The molecule has 4 rings (SSSR count). The number of benzene rings is 1. The van der Waals surface area contributed by atoms with Gasteiger partial charge in [0.1, 0.15) is 11.6 Å². The quantitative estimate of drug-likeness (QED) is 0.519. The smallest absolute Gasteiger partial charge is 0.324 e. The Morgan fingerprint density at radius 3 is 2.94 bits per heavy atom. The summed E-state index contributed by atoms with van der Waals surface area (Å²) < 4.78 is 14.1. The highest BCUT2D eigenvalue weighted by Gasteiger charge is 2.29. The van der Waals surface area contributed by atoms with Crippen molar-refractivity contribution >= 4 is 50.1 Å². The molecular formula is C21H23ClFN5O3S. The zero-order valence-corrected chi connectivity index (χ0v) is 18.9. The molecule has 0 saturated carbocycles. The number of aliphatic hydroxyl groups excluding tert-OH is 2. The molecule has 0 radical (unpaired) electrons. The predicted molar refractivity (Wildman–Crippen MR) is 123 cm³/mol. The fraction of sp³-hybridized carbons (Fsp3) is 0.381. The largest absolute Gasteiger partial charge is 0.394 e. The van der Waals surface area contributed by atoms with Gasteiger partial charge in [0.2, 0.25) is 0 Å². The number of rotatable bonds is 5. The van der Waals surface area contributed by atoms with Crippen molar-refractivity contribution in [1.29, 1.82) is 0 Å². The average molecular weight is 480 g/mol. The highest BCUT2D eigenvalue weighted by Crippen LogP contribution is 2.29. The molecule has 32 heavy (non-hydrogen) atoms. The molecule has 1 saturated heterocycles. The van der Waals surface area contributed by atoms with Crippen molar-refractivity contribution in [3.8, 4) is 0 Å². The lowest BCUT2D eigenvalue weighted by molar-refractivity contribution is 0.0954. The SMILES string of the molecule is C[C@@H]1CN(c2ncc(C[C@@H](O)CO)cc2Cl)CCN1C(=O)Nc1nc2ccc(F)cc2s1. The molecule has 1 fully saturated rings. The van der Waals surface area contributed by atoms with Crippen molar-refractivity contribution in [3.63, 3.8) is 0 Å². The summed E-state index contributed by atoms with van der Waals surface area (Å²) in [6, 6.07) is 5.70. The van der Waals surface area contributed by atoms with Gasteiger partial charge in [-0.1, -0.05) is 22.9 Å². The van der Waals surface area contributed by atoms with Gasteiger partial charge in [-0.05, 0) is 36.8 Å². The Bertz CT molecular complexity index is 1130. The van der Waals surface area contributed by atoms with Gasteiger partial charge in [0.05, 0.1) is 28.0 Å². The molecule has 1 aromatic carbocycles. The van der Waals surface area contributed by atoms with E-state index in [2.05, 4.69) is 15.3 Å². The summed E-state index contributed by atoms with van der Waals surface area (Å²) in [6.07, 6.45) is 1.06. The maximum absolute atomic E-state index is 13.4. The lowest BCUT2D eigenvalue weighted by Crippen LogP contribution is -2.55. The second-order valence-electron chi connectivity index (χ2n) is 7.74. The minimum Gasteiger partial charge on any atom is -0.394 e. The molecular weight excluding hydrogens is 457 g/mol. The molecule has 3 aromatic rings. The van der Waals surface area contributed by atoms with Crippen molar-refractivity contribution in [2.24, 2.45) is 0 Å². The number of aliphatic hydroxyl groups is 2. The van der Waals surface area contributed by atoms with E-state index in [9.17, 15) is 14.3 Å². The van der Waals surface area contributed by atoms with Crippen LogP contribution in [0.25, 0.3) is 10.2 Å². The number of hydrogen-bond donors (Lipinski definition) is 3. The maximum atomic E-state index is 13.4. The summed E-state index contributed by atoms with van der Waals surface area (Å²) in [7, 11) is 0. The first kappa shape index (κ1) is 22.7. The molecule has 3 heterocycles. The second kappa shape index (κ2) is 9.53. The van der Waals surface area contributed by atoms with Gasteiger partial charge in [0.25, 0.3) is 0 Å². The van der Waals surface area contributed by atoms with E-state index in [0.29, 0.717) is 45.8 Å². The third-order valence-corrected chi connectivity index (χ3v) is 6.52. The molecule has 170 valence electrons. The monoisotopic (exact) mass is 479 g/mol. The summed E-state index contributed by atoms with van der Waals surface area (Å²) in [5, 5.41) is 22.3. The standard InChI is InChI=1S/C21H23ClFN5O3S/c1-12-10-27(19-16(22)7-13(9-24-19)6-15(30)11-29)4-5-28(12)21(31)26-20-25-17-3-2-14(23)8-18(17)32-20/h2-3,7-9,12,15,29-30H,4-6,10-11H2,1H3,(H,25,26,31)/t12-,15-/m1/s1. The Kier molecular flexibility index (Phi) is 6.75. The first-order valence-electron chi connectivity index (χ1n) is 10.2. The number of piperazine rings is 1. The molecule has 3 N–H and O–H groups in total. The Morgan fingerprint density at radius 1 is 1.41 bits per heavy atom. The van der Waals surface area contributed by atoms with Crippen LogP contribution in [-0.4, -0.2) is 69.5 Å². The van der Waals surface area contributed by atoms with Gasteiger partial charge in [-0.3, -0.25) is 5.32 Å². The van der Waals surface area contributed by atoms with Crippen LogP contribution >= 0.6 is 22.9 Å². The molecule has 0 spiro atoms. The summed E-state index contributed by atoms with van der Waals surface area (Å²) in [4.78, 5) is 25.3. The van der Waals surface area contributed by atoms with Gasteiger partial charge < -0.3 is 20.0 Å². The van der Waals surface area contributed by atoms with Crippen molar-refractivity contribution in [1.82, 2.24) is 14.9 Å². The zero-order chi connectivity index (χ0) is 22.8. The van der Waals surface area contributed by atoms with Crippen molar-refractivity contribution in [2.45, 2.75) is 25.5 Å². The van der Waals surface area contributed by atoms with E-state index in [1.807, 2.05) is 11.8 Å². The number of urea groups is 1. The summed E-state index contributed by atoms with van der Waals surface area (Å²) >= 11 is 7.65. The van der Waals surface area contributed by atoms with Gasteiger partial charge in [-0.2, -0.15) is 0 Å². The number of thiazole rings is 1. The van der Waals surface area contributed by atoms with Crippen molar-refractivity contribution in [3.05, 3.63) is 46.9 Å². The average Bonchev–Trinajstić information content (AvgIpc) is 3.14. The Labute approximate surface area is 193 Å². The third-order valence-electron chi connectivity index (χ3n) is 5.31. The highest BCUT2D eigenvalue weighted by molar-refractivity contribution is 7.22. The van der Waals surface area contributed by atoms with Crippen LogP contribution < -0.4 is 10.2 Å². The van der Waals surface area contributed by atoms with Crippen molar-refractivity contribution in [2.75, 3.05) is 36.5 Å². The molecule has 2 aromatic heterocycles. The van der Waals surface area contributed by atoms with E-state index in [1.165, 1.54) is 23.5 Å². The number of carbonyl (C=O) groups is 1. The fourth-order valence-corrected chi connectivity index (χ4v) is 4.91. The molecule has 0 bridgehead atoms. The van der Waals surface area contributed by atoms with Gasteiger partial charge in [-0.15, -0.1) is 0 Å². The fourth-order valence-electron chi connectivity index (χ4n) is 3.72.